The highest BCUT2D eigenvalue weighted by Crippen LogP contribution is 2.66. The number of hydrogen-bond acceptors (Lipinski definition) is 4. The lowest BCUT2D eigenvalue weighted by molar-refractivity contribution is -0.405. The molecule has 6 N–H and O–H groups in total. The van der Waals surface area contributed by atoms with Crippen LogP contribution in [0.1, 0.15) is 64.9 Å². The van der Waals surface area contributed by atoms with Gasteiger partial charge in [-0.1, -0.05) is 44.2 Å². The maximum Gasteiger partial charge on any atom is 0.462 e. The number of rotatable bonds is 11. The van der Waals surface area contributed by atoms with E-state index in [0.29, 0.717) is 24.4 Å². The van der Waals surface area contributed by atoms with Crippen LogP contribution >= 0.6 is 0 Å². The van der Waals surface area contributed by atoms with Crippen LogP contribution in [0.2, 0.25) is 5.82 Å². The highest BCUT2D eigenvalue weighted by atomic mass is 35.5. The molecule has 1 unspecified atom stereocenters. The minimum Gasteiger partial charge on any atom is -1.00 e. The zero-order valence-corrected chi connectivity index (χ0v) is 21.9. The van der Waals surface area contributed by atoms with Crippen LogP contribution < -0.4 is 29.2 Å². The van der Waals surface area contributed by atoms with E-state index >= 15 is 0 Å². The van der Waals surface area contributed by atoms with Gasteiger partial charge in [0.05, 0.1) is 11.7 Å². The summed E-state index contributed by atoms with van der Waals surface area (Å²) in [7, 11) is -0.278. The fourth-order valence-corrected chi connectivity index (χ4v) is 6.47. The van der Waals surface area contributed by atoms with E-state index in [1.54, 1.807) is 0 Å². The lowest BCUT2D eigenvalue weighted by Gasteiger charge is -2.64. The minimum absolute atomic E-state index is 0. The van der Waals surface area contributed by atoms with Crippen LogP contribution in [0, 0.1) is 17.3 Å². The van der Waals surface area contributed by atoms with Gasteiger partial charge in [0.1, 0.15) is 0 Å². The number of carbonyl (C=O) groups excluding carboxylic acids is 1. The Morgan fingerprint density at radius 1 is 1.21 bits per heavy atom. The highest BCUT2D eigenvalue weighted by molar-refractivity contribution is 6.47. The smallest absolute Gasteiger partial charge is 0.462 e. The summed E-state index contributed by atoms with van der Waals surface area (Å²) in [4.78, 5) is 12.7. The molecule has 6 atom stereocenters. The van der Waals surface area contributed by atoms with E-state index in [4.69, 9.17) is 15.0 Å². The molecule has 4 fully saturated rings. The molecular formula is C26H43BClN3O3. The molecular weight excluding hydrogens is 449 g/mol. The summed E-state index contributed by atoms with van der Waals surface area (Å²) in [6.45, 7) is 8.24. The van der Waals surface area contributed by atoms with Gasteiger partial charge < -0.3 is 38.5 Å². The Morgan fingerprint density at radius 3 is 2.62 bits per heavy atom. The first-order valence-electron chi connectivity index (χ1n) is 12.9. The zero-order chi connectivity index (χ0) is 23.6. The maximum atomic E-state index is 12.7. The summed E-state index contributed by atoms with van der Waals surface area (Å²) in [5.41, 5.74) is 11.0. The Bertz CT molecular complexity index is 814. The lowest BCUT2D eigenvalue weighted by Crippen LogP contribution is -3.00. The third-order valence-corrected chi connectivity index (χ3v) is 8.92. The van der Waals surface area contributed by atoms with Crippen LogP contribution in [0.25, 0.3) is 0 Å². The maximum absolute atomic E-state index is 12.7. The molecule has 8 heteroatoms. The van der Waals surface area contributed by atoms with Crippen LogP contribution in [-0.2, 0) is 20.5 Å². The van der Waals surface area contributed by atoms with E-state index in [1.165, 1.54) is 12.0 Å². The van der Waals surface area contributed by atoms with Gasteiger partial charge in [0.15, 0.2) is 6.04 Å². The van der Waals surface area contributed by atoms with Gasteiger partial charge in [-0.3, -0.25) is 4.79 Å². The fourth-order valence-electron chi connectivity index (χ4n) is 6.47. The number of halogens is 1. The molecule has 1 amide bonds. The molecule has 1 heterocycles. The number of nitrogens with two attached hydrogens (primary N) is 1. The monoisotopic (exact) mass is 491 g/mol. The molecule has 0 radical (unpaired) electrons. The SMILES string of the molecule is CC1(C)[C@H]2C[C@@H]3OB(C(CCc4ccccc4)CNC(=O)[C@@H]([NH3+])CCCCN)O[C@]3(C)[C@@H]1C2.[Cl-]. The second-order valence-electron chi connectivity index (χ2n) is 11.3. The van der Waals surface area contributed by atoms with Crippen molar-refractivity contribution in [1.29, 1.82) is 0 Å². The number of amides is 1. The van der Waals surface area contributed by atoms with Gasteiger partial charge >= 0.3 is 7.12 Å². The van der Waals surface area contributed by atoms with Crippen LogP contribution in [0.15, 0.2) is 30.3 Å². The van der Waals surface area contributed by atoms with Gasteiger partial charge in [0.25, 0.3) is 5.91 Å². The second kappa shape index (κ2) is 11.3. The topological polar surface area (TPSA) is 101 Å². The minimum atomic E-state index is -0.278. The fraction of sp³-hybridized carbons (Fsp3) is 0.731. The predicted octanol–water partition coefficient (Wildman–Crippen LogP) is -0.423. The number of nitrogens with one attached hydrogen (secondary N) is 1. The summed E-state index contributed by atoms with van der Waals surface area (Å²) >= 11 is 0. The number of aryl methyl sites for hydroxylation is 1. The average Bonchev–Trinajstić information content (AvgIpc) is 3.16. The van der Waals surface area contributed by atoms with Crippen molar-refractivity contribution < 1.29 is 32.2 Å². The van der Waals surface area contributed by atoms with Crippen LogP contribution in [-0.4, -0.2) is 43.9 Å². The first-order valence-corrected chi connectivity index (χ1v) is 12.9. The molecule has 1 aliphatic heterocycles. The van der Waals surface area contributed by atoms with E-state index < -0.39 is 0 Å². The molecule has 5 rings (SSSR count). The van der Waals surface area contributed by atoms with Crippen LogP contribution in [0.3, 0.4) is 0 Å². The molecule has 3 aliphatic carbocycles. The summed E-state index contributed by atoms with van der Waals surface area (Å²) in [5, 5.41) is 3.16. The Hall–Kier alpha value is -1.12. The number of quaternary nitrogens is 1. The molecule has 1 aromatic carbocycles. The Kier molecular flexibility index (Phi) is 9.13. The van der Waals surface area contributed by atoms with Crippen LogP contribution in [0.4, 0.5) is 0 Å². The van der Waals surface area contributed by atoms with Crippen molar-refractivity contribution in [2.45, 2.75) is 89.3 Å². The summed E-state index contributed by atoms with van der Waals surface area (Å²) < 4.78 is 13.3. The highest BCUT2D eigenvalue weighted by Gasteiger charge is 2.68. The van der Waals surface area contributed by atoms with Gasteiger partial charge in [-0.15, -0.1) is 0 Å². The van der Waals surface area contributed by atoms with Gasteiger partial charge in [0.2, 0.25) is 0 Å². The van der Waals surface area contributed by atoms with Crippen molar-refractivity contribution in [3.63, 3.8) is 0 Å². The summed E-state index contributed by atoms with van der Waals surface area (Å²) in [5.74, 6) is 1.38. The van der Waals surface area contributed by atoms with Crippen molar-refractivity contribution in [3.05, 3.63) is 35.9 Å². The molecule has 1 saturated heterocycles. The van der Waals surface area contributed by atoms with Gasteiger partial charge in [0, 0.05) is 18.8 Å². The van der Waals surface area contributed by atoms with E-state index in [-0.39, 0.29) is 49.0 Å². The van der Waals surface area contributed by atoms with Crippen molar-refractivity contribution in [1.82, 2.24) is 5.32 Å². The Balaban J connectivity index is 0.00000324. The molecule has 0 spiro atoms. The van der Waals surface area contributed by atoms with Crippen molar-refractivity contribution in [2.75, 3.05) is 13.1 Å². The van der Waals surface area contributed by atoms with Gasteiger partial charge in [-0.25, -0.2) is 0 Å². The molecule has 2 bridgehead atoms. The number of carbonyl (C=O) groups is 1. The van der Waals surface area contributed by atoms with Crippen LogP contribution in [0.5, 0.6) is 0 Å². The normalized spacial score (nSPS) is 30.5. The third-order valence-electron chi connectivity index (χ3n) is 8.92. The quantitative estimate of drug-likeness (QED) is 0.289. The van der Waals surface area contributed by atoms with E-state index in [2.05, 4.69) is 56.1 Å². The van der Waals surface area contributed by atoms with Crippen molar-refractivity contribution in [2.24, 2.45) is 23.0 Å². The Labute approximate surface area is 211 Å². The molecule has 0 aromatic heterocycles. The predicted molar refractivity (Wildman–Crippen MR) is 131 cm³/mol. The summed E-state index contributed by atoms with van der Waals surface area (Å²) in [6.07, 6.45) is 6.96. The zero-order valence-electron chi connectivity index (χ0n) is 21.1. The molecule has 3 saturated carbocycles. The summed E-state index contributed by atoms with van der Waals surface area (Å²) in [6, 6.07) is 10.3. The first kappa shape index (κ1) is 27.5. The van der Waals surface area contributed by atoms with Crippen molar-refractivity contribution in [3.8, 4) is 0 Å². The first-order chi connectivity index (χ1) is 15.8. The standard InChI is InChI=1S/C26H42BN3O3.ClH/c1-25(2)19-15-22(25)26(3)23(16-19)32-27(33-26)20(13-12-18-9-5-4-6-10-18)17-30-24(31)21(29)11-7-8-14-28;/h4-6,9-10,19-23H,7-8,11-17,28-29H2,1-3H3,(H,30,31);1H/t19-,20?,21+,22-,23+,26-;/m1./s1. The largest absolute Gasteiger partial charge is 1.00 e. The average molecular weight is 492 g/mol. The van der Waals surface area contributed by atoms with E-state index in [0.717, 1.165) is 44.4 Å². The molecule has 6 nitrogen and oxygen atoms in total. The van der Waals surface area contributed by atoms with E-state index in [9.17, 15) is 4.79 Å². The molecule has 4 aliphatic rings. The van der Waals surface area contributed by atoms with Crippen molar-refractivity contribution >= 4 is 13.0 Å². The lowest BCUT2D eigenvalue weighted by atomic mass is 9.43. The molecule has 1 aromatic rings. The Morgan fingerprint density at radius 2 is 1.94 bits per heavy atom. The number of unbranched alkanes of at least 4 members (excludes halogenated alkanes) is 1. The number of hydrogen-bond donors (Lipinski definition) is 3. The second-order valence-corrected chi connectivity index (χ2v) is 11.3. The molecule has 34 heavy (non-hydrogen) atoms. The molecule has 190 valence electrons. The van der Waals surface area contributed by atoms with E-state index in [1.807, 2.05) is 6.07 Å². The number of benzene rings is 1. The van der Waals surface area contributed by atoms with Gasteiger partial charge in [-0.2, -0.15) is 0 Å². The van der Waals surface area contributed by atoms with Gasteiger partial charge in [-0.05, 0) is 74.8 Å². The third kappa shape index (κ3) is 5.49.